The summed E-state index contributed by atoms with van der Waals surface area (Å²) in [6.45, 7) is 5.70. The van der Waals surface area contributed by atoms with E-state index in [1.807, 2.05) is 53.7 Å². The molecular weight excluding hydrogens is 352 g/mol. The maximum Gasteiger partial charge on any atom is 0.239 e. The van der Waals surface area contributed by atoms with Crippen molar-refractivity contribution in [2.45, 2.75) is 19.8 Å². The predicted octanol–water partition coefficient (Wildman–Crippen LogP) is 2.48. The summed E-state index contributed by atoms with van der Waals surface area (Å²) >= 11 is 0. The third-order valence-electron chi connectivity index (χ3n) is 5.71. The highest BCUT2D eigenvalue weighted by Crippen LogP contribution is 2.27. The van der Waals surface area contributed by atoms with Crippen LogP contribution in [-0.2, 0) is 9.59 Å². The predicted molar refractivity (Wildman–Crippen MR) is 109 cm³/mol. The van der Waals surface area contributed by atoms with Crippen LogP contribution in [0.2, 0.25) is 0 Å². The topological polar surface area (TPSA) is 56.8 Å². The minimum Gasteiger partial charge on any atom is -0.369 e. The van der Waals surface area contributed by atoms with E-state index in [4.69, 9.17) is 0 Å². The molecule has 1 unspecified atom stereocenters. The molecule has 1 aromatic heterocycles. The first-order chi connectivity index (χ1) is 13.6. The Morgan fingerprint density at radius 2 is 1.86 bits per heavy atom. The summed E-state index contributed by atoms with van der Waals surface area (Å²) in [4.78, 5) is 36.1. The zero-order chi connectivity index (χ0) is 19.5. The highest BCUT2D eigenvalue weighted by atomic mass is 16.2. The van der Waals surface area contributed by atoms with Crippen LogP contribution in [0, 0.1) is 12.8 Å². The molecule has 0 saturated carbocycles. The number of carbonyl (C=O) groups is 2. The largest absolute Gasteiger partial charge is 0.369 e. The Morgan fingerprint density at radius 3 is 2.64 bits per heavy atom. The van der Waals surface area contributed by atoms with Gasteiger partial charge in [0.2, 0.25) is 11.8 Å². The minimum absolute atomic E-state index is 0.0169. The summed E-state index contributed by atoms with van der Waals surface area (Å²) in [7, 11) is 0. The summed E-state index contributed by atoms with van der Waals surface area (Å²) in [6.07, 6.45) is 5.18. The number of pyridine rings is 1. The summed E-state index contributed by atoms with van der Waals surface area (Å²) in [6, 6.07) is 11.6. The zero-order valence-electron chi connectivity index (χ0n) is 16.3. The number of hydrogen-bond donors (Lipinski definition) is 0. The van der Waals surface area contributed by atoms with Crippen LogP contribution in [0.5, 0.6) is 0 Å². The highest BCUT2D eigenvalue weighted by molar-refractivity contribution is 6.09. The Morgan fingerprint density at radius 1 is 1.04 bits per heavy atom. The summed E-state index contributed by atoms with van der Waals surface area (Å²) in [5, 5.41) is 0. The molecule has 4 rings (SSSR count). The Labute approximate surface area is 165 Å². The average molecular weight is 378 g/mol. The van der Waals surface area contributed by atoms with E-state index in [9.17, 15) is 9.59 Å². The average Bonchev–Trinajstić information content (AvgIpc) is 2.94. The quantitative estimate of drug-likeness (QED) is 0.770. The lowest BCUT2D eigenvalue weighted by Crippen LogP contribution is -2.42. The summed E-state index contributed by atoms with van der Waals surface area (Å²) in [5.74, 6) is -0.631. The van der Waals surface area contributed by atoms with E-state index in [1.54, 1.807) is 4.90 Å². The second-order valence-electron chi connectivity index (χ2n) is 7.49. The SMILES string of the molecule is Cc1cnccc1N1CCCN(C(=O)C2CCN(c3ccccc3)C2=O)CC1. The van der Waals surface area contributed by atoms with Crippen molar-refractivity contribution in [2.24, 2.45) is 5.92 Å². The van der Waals surface area contributed by atoms with Gasteiger partial charge in [0, 0.05) is 56.5 Å². The lowest BCUT2D eigenvalue weighted by molar-refractivity contribution is -0.139. The fraction of sp³-hybridized carbons (Fsp3) is 0.409. The minimum atomic E-state index is -0.547. The molecule has 2 fully saturated rings. The van der Waals surface area contributed by atoms with E-state index >= 15 is 0 Å². The molecule has 146 valence electrons. The molecule has 2 aliphatic heterocycles. The molecule has 0 bridgehead atoms. The zero-order valence-corrected chi connectivity index (χ0v) is 16.3. The molecule has 0 N–H and O–H groups in total. The maximum absolute atomic E-state index is 13.1. The fourth-order valence-corrected chi connectivity index (χ4v) is 4.19. The summed E-state index contributed by atoms with van der Waals surface area (Å²) in [5.41, 5.74) is 3.20. The van der Waals surface area contributed by atoms with Gasteiger partial charge in [0.25, 0.3) is 0 Å². The van der Waals surface area contributed by atoms with E-state index in [2.05, 4.69) is 16.8 Å². The number of para-hydroxylation sites is 1. The smallest absolute Gasteiger partial charge is 0.239 e. The normalized spacial score (nSPS) is 20.4. The number of anilines is 2. The molecular formula is C22H26N4O2. The third kappa shape index (κ3) is 3.59. The number of aryl methyl sites for hydroxylation is 1. The van der Waals surface area contributed by atoms with Crippen molar-refractivity contribution in [2.75, 3.05) is 42.5 Å². The van der Waals surface area contributed by atoms with Gasteiger partial charge < -0.3 is 14.7 Å². The molecule has 3 heterocycles. The van der Waals surface area contributed by atoms with Crippen LogP contribution < -0.4 is 9.80 Å². The van der Waals surface area contributed by atoms with E-state index < -0.39 is 5.92 Å². The number of rotatable bonds is 3. The molecule has 2 amide bonds. The van der Waals surface area contributed by atoms with Crippen molar-refractivity contribution in [3.05, 3.63) is 54.4 Å². The van der Waals surface area contributed by atoms with Gasteiger partial charge in [-0.05, 0) is 43.5 Å². The van der Waals surface area contributed by atoms with Crippen molar-refractivity contribution in [3.63, 3.8) is 0 Å². The molecule has 1 aromatic carbocycles. The molecule has 0 radical (unpaired) electrons. The highest BCUT2D eigenvalue weighted by Gasteiger charge is 2.39. The molecule has 6 nitrogen and oxygen atoms in total. The number of benzene rings is 1. The molecule has 0 aliphatic carbocycles. The van der Waals surface area contributed by atoms with Gasteiger partial charge in [0.05, 0.1) is 0 Å². The Bertz CT molecular complexity index is 855. The van der Waals surface area contributed by atoms with Gasteiger partial charge in [-0.2, -0.15) is 0 Å². The molecule has 2 saturated heterocycles. The fourth-order valence-electron chi connectivity index (χ4n) is 4.19. The number of aromatic nitrogens is 1. The van der Waals surface area contributed by atoms with Gasteiger partial charge in [0.1, 0.15) is 5.92 Å². The monoisotopic (exact) mass is 378 g/mol. The number of nitrogens with zero attached hydrogens (tertiary/aromatic N) is 4. The molecule has 1 atom stereocenters. The first kappa shape index (κ1) is 18.5. The standard InChI is InChI=1S/C22H26N4O2/c1-17-16-23-10-8-20(17)24-11-5-12-25(15-14-24)21(27)19-9-13-26(22(19)28)18-6-3-2-4-7-18/h2-4,6-8,10,16,19H,5,9,11-15H2,1H3. The lowest BCUT2D eigenvalue weighted by atomic mass is 10.1. The molecule has 28 heavy (non-hydrogen) atoms. The van der Waals surface area contributed by atoms with Crippen LogP contribution in [0.4, 0.5) is 11.4 Å². The Balaban J connectivity index is 1.42. The van der Waals surface area contributed by atoms with Gasteiger partial charge in [-0.25, -0.2) is 0 Å². The van der Waals surface area contributed by atoms with Gasteiger partial charge in [-0.3, -0.25) is 14.6 Å². The van der Waals surface area contributed by atoms with Crippen LogP contribution in [0.25, 0.3) is 0 Å². The van der Waals surface area contributed by atoms with E-state index in [0.717, 1.165) is 30.8 Å². The maximum atomic E-state index is 13.1. The van der Waals surface area contributed by atoms with Crippen LogP contribution in [0.3, 0.4) is 0 Å². The first-order valence-electron chi connectivity index (χ1n) is 9.96. The van der Waals surface area contributed by atoms with Crippen LogP contribution in [0.1, 0.15) is 18.4 Å². The summed E-state index contributed by atoms with van der Waals surface area (Å²) < 4.78 is 0. The van der Waals surface area contributed by atoms with E-state index in [0.29, 0.717) is 26.1 Å². The van der Waals surface area contributed by atoms with Crippen LogP contribution in [0.15, 0.2) is 48.8 Å². The number of hydrogen-bond acceptors (Lipinski definition) is 4. The number of carbonyl (C=O) groups excluding carboxylic acids is 2. The van der Waals surface area contributed by atoms with Gasteiger partial charge >= 0.3 is 0 Å². The lowest BCUT2D eigenvalue weighted by Gasteiger charge is -2.26. The van der Waals surface area contributed by atoms with Crippen LogP contribution in [-0.4, -0.2) is 54.4 Å². The first-order valence-corrected chi connectivity index (χ1v) is 9.96. The van der Waals surface area contributed by atoms with Crippen molar-refractivity contribution < 1.29 is 9.59 Å². The second-order valence-corrected chi connectivity index (χ2v) is 7.49. The molecule has 0 spiro atoms. The second kappa shape index (κ2) is 8.00. The molecule has 2 aliphatic rings. The van der Waals surface area contributed by atoms with Gasteiger partial charge in [-0.15, -0.1) is 0 Å². The van der Waals surface area contributed by atoms with Gasteiger partial charge in [0.15, 0.2) is 0 Å². The van der Waals surface area contributed by atoms with E-state index in [1.165, 1.54) is 5.69 Å². The van der Waals surface area contributed by atoms with Crippen molar-refractivity contribution in [1.82, 2.24) is 9.88 Å². The molecule has 2 aromatic rings. The number of amides is 2. The van der Waals surface area contributed by atoms with Gasteiger partial charge in [-0.1, -0.05) is 18.2 Å². The molecule has 6 heteroatoms. The van der Waals surface area contributed by atoms with Crippen molar-refractivity contribution in [1.29, 1.82) is 0 Å². The van der Waals surface area contributed by atoms with Crippen molar-refractivity contribution >= 4 is 23.2 Å². The Hall–Kier alpha value is -2.89. The third-order valence-corrected chi connectivity index (χ3v) is 5.71. The van der Waals surface area contributed by atoms with Crippen molar-refractivity contribution in [3.8, 4) is 0 Å². The van der Waals surface area contributed by atoms with Crippen LogP contribution >= 0.6 is 0 Å². The van der Waals surface area contributed by atoms with E-state index in [-0.39, 0.29) is 11.8 Å². The Kier molecular flexibility index (Phi) is 5.28.